The lowest BCUT2D eigenvalue weighted by Gasteiger charge is -2.35. The lowest BCUT2D eigenvalue weighted by atomic mass is 9.90. The van der Waals surface area contributed by atoms with Gasteiger partial charge in [0.05, 0.1) is 6.26 Å². The first-order valence-electron chi connectivity index (χ1n) is 10.0. The Bertz CT molecular complexity index is 1080. The molecule has 0 spiro atoms. The summed E-state index contributed by atoms with van der Waals surface area (Å²) in [6.45, 7) is 1.56. The van der Waals surface area contributed by atoms with Crippen molar-refractivity contribution in [2.75, 3.05) is 38.5 Å². The Morgan fingerprint density at radius 1 is 1.19 bits per heavy atom. The van der Waals surface area contributed by atoms with Crippen LogP contribution in [0, 0.1) is 0 Å². The standard InChI is InChI=1S/C21H26ClN5O3S/c1-25(2)13-12-21(30-31(3,28)29)20-17-10-7-11-19(22)18(17)14-26(15-27(20)24-23-21)16-8-5-4-6-9-16/h4-11,20H,12-15H2,1-3H3. The number of para-hydroxylation sites is 1. The summed E-state index contributed by atoms with van der Waals surface area (Å²) in [4.78, 5) is 4.11. The Hall–Kier alpha value is -2.20. The van der Waals surface area contributed by atoms with E-state index in [9.17, 15) is 8.42 Å². The third-order valence-electron chi connectivity index (χ3n) is 5.50. The van der Waals surface area contributed by atoms with E-state index >= 15 is 0 Å². The molecule has 2 aromatic rings. The summed E-state index contributed by atoms with van der Waals surface area (Å²) in [7, 11) is 0.0471. The minimum Gasteiger partial charge on any atom is -0.348 e. The predicted octanol–water partition coefficient (Wildman–Crippen LogP) is 3.67. The van der Waals surface area contributed by atoms with E-state index in [1.807, 2.05) is 67.5 Å². The second-order valence-electron chi connectivity index (χ2n) is 8.20. The van der Waals surface area contributed by atoms with Gasteiger partial charge in [-0.05, 0) is 43.4 Å². The van der Waals surface area contributed by atoms with Crippen molar-refractivity contribution in [3.05, 3.63) is 64.7 Å². The molecule has 2 heterocycles. The molecule has 2 unspecified atom stereocenters. The van der Waals surface area contributed by atoms with E-state index in [4.69, 9.17) is 15.8 Å². The summed E-state index contributed by atoms with van der Waals surface area (Å²) < 4.78 is 30.2. The van der Waals surface area contributed by atoms with Gasteiger partial charge in [-0.25, -0.2) is 9.19 Å². The summed E-state index contributed by atoms with van der Waals surface area (Å²) >= 11 is 6.64. The normalized spacial score (nSPS) is 23.1. The van der Waals surface area contributed by atoms with E-state index in [0.29, 0.717) is 31.2 Å². The maximum absolute atomic E-state index is 12.3. The van der Waals surface area contributed by atoms with Gasteiger partial charge in [-0.3, -0.25) is 0 Å². The highest BCUT2D eigenvalue weighted by atomic mass is 35.5. The zero-order valence-corrected chi connectivity index (χ0v) is 19.3. The Morgan fingerprint density at radius 2 is 1.94 bits per heavy atom. The molecule has 0 saturated heterocycles. The molecule has 2 atom stereocenters. The fourth-order valence-corrected chi connectivity index (χ4v) is 5.12. The van der Waals surface area contributed by atoms with Gasteiger partial charge in [0.25, 0.3) is 10.1 Å². The lowest BCUT2D eigenvalue weighted by Crippen LogP contribution is -2.45. The molecule has 0 saturated carbocycles. The number of rotatable bonds is 6. The van der Waals surface area contributed by atoms with E-state index in [0.717, 1.165) is 23.1 Å². The number of fused-ring (bicyclic) bond motifs is 3. The van der Waals surface area contributed by atoms with Crippen LogP contribution in [0.2, 0.25) is 5.02 Å². The first kappa shape index (κ1) is 22.0. The van der Waals surface area contributed by atoms with Crippen LogP contribution in [0.4, 0.5) is 5.69 Å². The van der Waals surface area contributed by atoms with Crippen LogP contribution in [0.5, 0.6) is 0 Å². The van der Waals surface area contributed by atoms with E-state index in [-0.39, 0.29) is 0 Å². The molecule has 0 bridgehead atoms. The van der Waals surface area contributed by atoms with Crippen LogP contribution in [0.3, 0.4) is 0 Å². The molecule has 31 heavy (non-hydrogen) atoms. The largest absolute Gasteiger partial charge is 0.348 e. The van der Waals surface area contributed by atoms with Gasteiger partial charge in [-0.2, -0.15) is 8.42 Å². The second-order valence-corrected chi connectivity index (χ2v) is 10.2. The van der Waals surface area contributed by atoms with Crippen molar-refractivity contribution in [2.24, 2.45) is 10.3 Å². The monoisotopic (exact) mass is 463 g/mol. The molecule has 8 nitrogen and oxygen atoms in total. The average Bonchev–Trinajstić information content (AvgIpc) is 2.93. The molecule has 0 aromatic heterocycles. The van der Waals surface area contributed by atoms with E-state index in [1.165, 1.54) is 0 Å². The van der Waals surface area contributed by atoms with Crippen LogP contribution < -0.4 is 4.90 Å². The molecule has 0 amide bonds. The van der Waals surface area contributed by atoms with E-state index < -0.39 is 21.9 Å². The zero-order chi connectivity index (χ0) is 22.2. The molecule has 4 rings (SSSR count). The molecule has 0 radical (unpaired) electrons. The minimum atomic E-state index is -3.80. The Kier molecular flexibility index (Phi) is 5.95. The maximum Gasteiger partial charge on any atom is 0.266 e. The molecule has 2 aliphatic rings. The van der Waals surface area contributed by atoms with Crippen molar-refractivity contribution in [2.45, 2.75) is 24.7 Å². The fraction of sp³-hybridized carbons (Fsp3) is 0.429. The third-order valence-corrected chi connectivity index (χ3v) is 6.45. The Labute approximate surface area is 188 Å². The van der Waals surface area contributed by atoms with E-state index in [2.05, 4.69) is 15.2 Å². The zero-order valence-electron chi connectivity index (χ0n) is 17.8. The van der Waals surface area contributed by atoms with Gasteiger partial charge < -0.3 is 9.80 Å². The summed E-state index contributed by atoms with van der Waals surface area (Å²) in [6, 6.07) is 15.1. The van der Waals surface area contributed by atoms with Gasteiger partial charge in [0.2, 0.25) is 5.72 Å². The number of benzene rings is 2. The minimum absolute atomic E-state index is 0.356. The van der Waals surface area contributed by atoms with Crippen LogP contribution in [0.1, 0.15) is 23.6 Å². The molecule has 166 valence electrons. The highest BCUT2D eigenvalue weighted by Crippen LogP contribution is 2.48. The van der Waals surface area contributed by atoms with Gasteiger partial charge in [-0.1, -0.05) is 47.2 Å². The van der Waals surface area contributed by atoms with Crippen molar-refractivity contribution in [1.82, 2.24) is 9.91 Å². The second kappa shape index (κ2) is 8.38. The number of nitrogens with zero attached hydrogens (tertiary/aromatic N) is 5. The fourth-order valence-electron chi connectivity index (χ4n) is 4.15. The average molecular weight is 464 g/mol. The van der Waals surface area contributed by atoms with Crippen LogP contribution in [-0.4, -0.2) is 57.6 Å². The smallest absolute Gasteiger partial charge is 0.266 e. The van der Waals surface area contributed by atoms with Crippen LogP contribution >= 0.6 is 11.6 Å². The quantitative estimate of drug-likeness (QED) is 0.608. The Morgan fingerprint density at radius 3 is 2.61 bits per heavy atom. The number of anilines is 1. The SMILES string of the molecule is CN(C)CCC1(OS(C)(=O)=O)N=NN2CN(c3ccccc3)Cc3c(Cl)cccc3C21. The highest BCUT2D eigenvalue weighted by molar-refractivity contribution is 7.86. The van der Waals surface area contributed by atoms with Crippen LogP contribution in [0.15, 0.2) is 58.9 Å². The van der Waals surface area contributed by atoms with Crippen molar-refractivity contribution >= 4 is 27.4 Å². The number of halogens is 1. The summed E-state index contributed by atoms with van der Waals surface area (Å²) in [5.41, 5.74) is 1.43. The van der Waals surface area contributed by atoms with Gasteiger partial charge in [-0.15, -0.1) is 5.11 Å². The molecule has 0 aliphatic carbocycles. The van der Waals surface area contributed by atoms with Crippen molar-refractivity contribution in [3.8, 4) is 0 Å². The molecular weight excluding hydrogens is 438 g/mol. The molecule has 2 aliphatic heterocycles. The summed E-state index contributed by atoms with van der Waals surface area (Å²) in [5, 5.41) is 11.2. The van der Waals surface area contributed by atoms with Gasteiger partial charge in [0, 0.05) is 30.2 Å². The van der Waals surface area contributed by atoms with Gasteiger partial charge in [0.15, 0.2) is 0 Å². The molecule has 0 N–H and O–H groups in total. The number of hydrogen-bond acceptors (Lipinski definition) is 8. The summed E-state index contributed by atoms with van der Waals surface area (Å²) in [5.74, 6) is 0. The van der Waals surface area contributed by atoms with Crippen molar-refractivity contribution in [3.63, 3.8) is 0 Å². The molecule has 10 heteroatoms. The van der Waals surface area contributed by atoms with Crippen LogP contribution in [-0.2, 0) is 20.8 Å². The predicted molar refractivity (Wildman–Crippen MR) is 120 cm³/mol. The topological polar surface area (TPSA) is 77.8 Å². The van der Waals surface area contributed by atoms with E-state index in [1.54, 1.807) is 5.01 Å². The van der Waals surface area contributed by atoms with Gasteiger partial charge >= 0.3 is 0 Å². The Balaban J connectivity index is 1.83. The molecular formula is C21H26ClN5O3S. The van der Waals surface area contributed by atoms with Crippen molar-refractivity contribution < 1.29 is 12.6 Å². The maximum atomic E-state index is 12.3. The van der Waals surface area contributed by atoms with Crippen molar-refractivity contribution in [1.29, 1.82) is 0 Å². The molecule has 2 aromatic carbocycles. The summed E-state index contributed by atoms with van der Waals surface area (Å²) in [6.07, 6.45) is 1.41. The first-order chi connectivity index (χ1) is 14.7. The van der Waals surface area contributed by atoms with Gasteiger partial charge in [0.1, 0.15) is 12.7 Å². The third kappa shape index (κ3) is 4.55. The molecule has 0 fully saturated rings. The number of hydrogen-bond donors (Lipinski definition) is 0. The lowest BCUT2D eigenvalue weighted by molar-refractivity contribution is 0.0125. The highest BCUT2D eigenvalue weighted by Gasteiger charge is 2.53. The first-order valence-corrected chi connectivity index (χ1v) is 12.2. The van der Waals surface area contributed by atoms with Crippen LogP contribution in [0.25, 0.3) is 0 Å².